The van der Waals surface area contributed by atoms with Crippen LogP contribution in [0.2, 0.25) is 0 Å². The van der Waals surface area contributed by atoms with Gasteiger partial charge in [-0.05, 0) is 22.4 Å². The summed E-state index contributed by atoms with van der Waals surface area (Å²) < 4.78 is 2.96. The quantitative estimate of drug-likeness (QED) is 0.483. The van der Waals surface area contributed by atoms with Gasteiger partial charge in [0.2, 0.25) is 0 Å². The fourth-order valence-corrected chi connectivity index (χ4v) is 3.96. The predicted octanol–water partition coefficient (Wildman–Crippen LogP) is 1.12. The second kappa shape index (κ2) is 8.15. The van der Waals surface area contributed by atoms with E-state index in [1.165, 1.54) is 15.8 Å². The molecule has 3 heterocycles. The first-order valence-corrected chi connectivity index (χ1v) is 10.3. The van der Waals surface area contributed by atoms with Crippen LogP contribution in [0.3, 0.4) is 0 Å². The number of hydrogen-bond donors (Lipinski definition) is 2. The van der Waals surface area contributed by atoms with E-state index in [-0.39, 0.29) is 18.2 Å². The molecule has 2 aromatic carbocycles. The van der Waals surface area contributed by atoms with E-state index < -0.39 is 17.5 Å². The van der Waals surface area contributed by atoms with Gasteiger partial charge in [0.1, 0.15) is 5.69 Å². The lowest BCUT2D eigenvalue weighted by molar-refractivity contribution is -0.170. The monoisotopic (exact) mass is 434 g/mol. The highest BCUT2D eigenvalue weighted by Crippen LogP contribution is 2.26. The van der Waals surface area contributed by atoms with Gasteiger partial charge in [-0.1, -0.05) is 41.6 Å². The number of fused-ring (bicyclic) bond motifs is 1. The molecule has 0 spiro atoms. The van der Waals surface area contributed by atoms with Crippen molar-refractivity contribution in [3.05, 3.63) is 81.3 Å². The Morgan fingerprint density at radius 2 is 1.97 bits per heavy atom. The molecule has 2 atom stereocenters. The molecule has 0 saturated carbocycles. The van der Waals surface area contributed by atoms with E-state index in [2.05, 4.69) is 39.6 Å². The van der Waals surface area contributed by atoms with Crippen molar-refractivity contribution >= 4 is 10.8 Å². The summed E-state index contributed by atoms with van der Waals surface area (Å²) in [5, 5.41) is 21.5. The molecular weight excluding hydrogens is 412 g/mol. The third-order valence-electron chi connectivity index (χ3n) is 5.74. The number of hydrogen-bond acceptors (Lipinski definition) is 7. The molecule has 32 heavy (non-hydrogen) atoms. The number of H-pyrrole nitrogens is 1. The number of aromatic amines is 1. The Balaban J connectivity index is 1.43. The maximum absolute atomic E-state index is 12.5. The molecule has 0 amide bonds. The standard InChI is InChI=1S/C22H22N6O4/c1-26-17(13-29)9-20(32-26)28-11-18(21(30)23-22(28)31)19-12-27(25-24-19)10-14-6-7-15-4-2-3-5-16(15)8-14/h2-8,11-12,17,20,29H,9-10,13H2,1H3,(H,23,30,31). The number of aliphatic hydroxyl groups is 1. The van der Waals surface area contributed by atoms with Gasteiger partial charge in [0.05, 0.1) is 31.0 Å². The molecular formula is C22H22N6O4. The van der Waals surface area contributed by atoms with Crippen molar-refractivity contribution in [1.82, 2.24) is 29.6 Å². The summed E-state index contributed by atoms with van der Waals surface area (Å²) in [6.07, 6.45) is 2.89. The first-order valence-electron chi connectivity index (χ1n) is 10.3. The third kappa shape index (κ3) is 3.75. The molecule has 4 aromatic rings. The SMILES string of the molecule is CN1OC(n2cc(-c3cn(Cc4ccc5ccccc5c4)nn3)c(=O)[nH]c2=O)CC1CO. The van der Waals surface area contributed by atoms with Crippen LogP contribution in [0.4, 0.5) is 0 Å². The highest BCUT2D eigenvalue weighted by atomic mass is 16.7. The van der Waals surface area contributed by atoms with Crippen LogP contribution in [-0.2, 0) is 11.4 Å². The number of aromatic nitrogens is 5. The van der Waals surface area contributed by atoms with Crippen molar-refractivity contribution in [2.24, 2.45) is 0 Å². The summed E-state index contributed by atoms with van der Waals surface area (Å²) in [5.74, 6) is 0. The zero-order valence-corrected chi connectivity index (χ0v) is 17.4. The van der Waals surface area contributed by atoms with Crippen molar-refractivity contribution in [2.45, 2.75) is 25.2 Å². The lowest BCUT2D eigenvalue weighted by Gasteiger charge is -2.15. The van der Waals surface area contributed by atoms with Crippen LogP contribution in [0.5, 0.6) is 0 Å². The second-order valence-electron chi connectivity index (χ2n) is 7.87. The Labute approximate surface area is 182 Å². The molecule has 1 fully saturated rings. The number of benzene rings is 2. The molecule has 1 aliphatic heterocycles. The van der Waals surface area contributed by atoms with E-state index in [0.29, 0.717) is 18.7 Å². The van der Waals surface area contributed by atoms with Crippen LogP contribution >= 0.6 is 0 Å². The Hall–Kier alpha value is -3.60. The number of hydroxylamine groups is 2. The van der Waals surface area contributed by atoms with Gasteiger partial charge in [-0.3, -0.25) is 19.2 Å². The van der Waals surface area contributed by atoms with Gasteiger partial charge >= 0.3 is 5.69 Å². The van der Waals surface area contributed by atoms with Crippen molar-refractivity contribution in [3.8, 4) is 11.3 Å². The highest BCUT2D eigenvalue weighted by Gasteiger charge is 2.32. The second-order valence-corrected chi connectivity index (χ2v) is 7.87. The number of rotatable bonds is 5. The van der Waals surface area contributed by atoms with Gasteiger partial charge in [-0.25, -0.2) is 9.48 Å². The van der Waals surface area contributed by atoms with Crippen molar-refractivity contribution < 1.29 is 9.94 Å². The van der Waals surface area contributed by atoms with E-state index in [0.717, 1.165) is 16.3 Å². The summed E-state index contributed by atoms with van der Waals surface area (Å²) in [5.41, 5.74) is 0.490. The predicted molar refractivity (Wildman–Crippen MR) is 117 cm³/mol. The van der Waals surface area contributed by atoms with Crippen molar-refractivity contribution in [2.75, 3.05) is 13.7 Å². The van der Waals surface area contributed by atoms with E-state index >= 15 is 0 Å². The van der Waals surface area contributed by atoms with Gasteiger partial charge in [-0.15, -0.1) is 5.10 Å². The maximum atomic E-state index is 12.5. The molecule has 1 saturated heterocycles. The number of likely N-dealkylation sites (N-methyl/N-ethyl adjacent to an activating group) is 1. The van der Waals surface area contributed by atoms with Crippen LogP contribution < -0.4 is 11.2 Å². The normalized spacial score (nSPS) is 19.1. The van der Waals surface area contributed by atoms with Crippen LogP contribution in [0, 0.1) is 0 Å². The molecule has 2 aromatic heterocycles. The maximum Gasteiger partial charge on any atom is 0.330 e. The number of nitrogens with zero attached hydrogens (tertiary/aromatic N) is 5. The van der Waals surface area contributed by atoms with Gasteiger partial charge in [-0.2, -0.15) is 5.06 Å². The Kier molecular flexibility index (Phi) is 5.17. The Bertz CT molecular complexity index is 1390. The minimum Gasteiger partial charge on any atom is -0.395 e. The van der Waals surface area contributed by atoms with Crippen molar-refractivity contribution in [3.63, 3.8) is 0 Å². The Morgan fingerprint density at radius 1 is 1.16 bits per heavy atom. The van der Waals surface area contributed by atoms with E-state index in [1.54, 1.807) is 17.9 Å². The van der Waals surface area contributed by atoms with Crippen LogP contribution in [0.25, 0.3) is 22.0 Å². The van der Waals surface area contributed by atoms with E-state index in [9.17, 15) is 14.7 Å². The van der Waals surface area contributed by atoms with Gasteiger partial charge in [0, 0.05) is 19.7 Å². The molecule has 5 rings (SSSR count). The largest absolute Gasteiger partial charge is 0.395 e. The highest BCUT2D eigenvalue weighted by molar-refractivity contribution is 5.82. The minimum absolute atomic E-state index is 0.0962. The average molecular weight is 434 g/mol. The zero-order chi connectivity index (χ0) is 22.2. The minimum atomic E-state index is -0.632. The average Bonchev–Trinajstić information content (AvgIpc) is 3.40. The molecule has 10 nitrogen and oxygen atoms in total. The zero-order valence-electron chi connectivity index (χ0n) is 17.4. The molecule has 164 valence electrons. The van der Waals surface area contributed by atoms with E-state index in [1.807, 2.05) is 18.2 Å². The number of aliphatic hydroxyl groups excluding tert-OH is 1. The fraction of sp³-hybridized carbons (Fsp3) is 0.273. The van der Waals surface area contributed by atoms with Crippen LogP contribution in [-0.4, -0.2) is 54.4 Å². The van der Waals surface area contributed by atoms with E-state index in [4.69, 9.17) is 4.84 Å². The first kappa shape index (κ1) is 20.3. The van der Waals surface area contributed by atoms with Crippen LogP contribution in [0.1, 0.15) is 18.2 Å². The van der Waals surface area contributed by atoms with Crippen LogP contribution in [0.15, 0.2) is 64.4 Å². The summed E-state index contributed by atoms with van der Waals surface area (Å²) >= 11 is 0. The summed E-state index contributed by atoms with van der Waals surface area (Å²) in [6, 6.07) is 14.1. The van der Waals surface area contributed by atoms with Gasteiger partial charge in [0.25, 0.3) is 5.56 Å². The molecule has 2 N–H and O–H groups in total. The lowest BCUT2D eigenvalue weighted by atomic mass is 10.1. The van der Waals surface area contributed by atoms with Crippen molar-refractivity contribution in [1.29, 1.82) is 0 Å². The summed E-state index contributed by atoms with van der Waals surface area (Å²) in [6.45, 7) is 0.394. The lowest BCUT2D eigenvalue weighted by Crippen LogP contribution is -2.33. The molecule has 1 aliphatic rings. The summed E-state index contributed by atoms with van der Waals surface area (Å²) in [4.78, 5) is 32.8. The molecule has 0 radical (unpaired) electrons. The smallest absolute Gasteiger partial charge is 0.330 e. The molecule has 0 aliphatic carbocycles. The van der Waals surface area contributed by atoms with Gasteiger partial charge in [0.15, 0.2) is 6.23 Å². The molecule has 2 unspecified atom stereocenters. The van der Waals surface area contributed by atoms with Gasteiger partial charge < -0.3 is 5.11 Å². The third-order valence-corrected chi connectivity index (χ3v) is 5.74. The fourth-order valence-electron chi connectivity index (χ4n) is 3.96. The summed E-state index contributed by atoms with van der Waals surface area (Å²) in [7, 11) is 1.69. The molecule has 0 bridgehead atoms. The first-order chi connectivity index (χ1) is 15.5. The molecule has 10 heteroatoms. The number of nitrogens with one attached hydrogen (secondary N) is 1. The Morgan fingerprint density at radius 3 is 2.75 bits per heavy atom. The topological polar surface area (TPSA) is 118 Å².